The van der Waals surface area contributed by atoms with Gasteiger partial charge in [-0.2, -0.15) is 0 Å². The average Bonchev–Trinajstić information content (AvgIpc) is 3.02. The second-order valence-electron chi connectivity index (χ2n) is 5.35. The van der Waals surface area contributed by atoms with Crippen LogP contribution in [0.2, 0.25) is 10.0 Å². The van der Waals surface area contributed by atoms with E-state index in [2.05, 4.69) is 10.9 Å². The lowest BCUT2D eigenvalue weighted by Crippen LogP contribution is -2.40. The molecular formula is C18H18Cl2N2O3S. The lowest BCUT2D eigenvalue weighted by atomic mass is 10.3. The summed E-state index contributed by atoms with van der Waals surface area (Å²) in [4.78, 5) is 25.5. The maximum absolute atomic E-state index is 11.7. The van der Waals surface area contributed by atoms with Crippen LogP contribution in [-0.4, -0.2) is 18.4 Å². The van der Waals surface area contributed by atoms with Crippen LogP contribution in [0, 0.1) is 6.92 Å². The molecule has 0 aliphatic carbocycles. The summed E-state index contributed by atoms with van der Waals surface area (Å²) in [6.45, 7) is 2.31. The number of carbonyl (C=O) groups excluding carboxylic acids is 2. The van der Waals surface area contributed by atoms with Crippen molar-refractivity contribution in [1.82, 2.24) is 10.9 Å². The van der Waals surface area contributed by atoms with Crippen LogP contribution in [0.25, 0.3) is 6.08 Å². The van der Waals surface area contributed by atoms with Crippen molar-refractivity contribution in [1.29, 1.82) is 0 Å². The lowest BCUT2D eigenvalue weighted by Gasteiger charge is -2.08. The molecule has 1 aromatic heterocycles. The summed E-state index contributed by atoms with van der Waals surface area (Å²) in [7, 11) is 0. The number of halogens is 2. The Morgan fingerprint density at radius 3 is 2.69 bits per heavy atom. The van der Waals surface area contributed by atoms with Gasteiger partial charge >= 0.3 is 0 Å². The zero-order valence-corrected chi connectivity index (χ0v) is 16.4. The molecule has 0 aliphatic heterocycles. The smallest absolute Gasteiger partial charge is 0.262 e. The Labute approximate surface area is 165 Å². The highest BCUT2D eigenvalue weighted by Crippen LogP contribution is 2.27. The van der Waals surface area contributed by atoms with Gasteiger partial charge in [0.2, 0.25) is 5.91 Å². The third-order valence-electron chi connectivity index (χ3n) is 3.18. The number of ether oxygens (including phenoxy) is 1. The van der Waals surface area contributed by atoms with Gasteiger partial charge in [-0.3, -0.25) is 20.4 Å². The van der Waals surface area contributed by atoms with E-state index in [1.165, 1.54) is 11.0 Å². The largest absolute Gasteiger partial charge is 0.492 e. The summed E-state index contributed by atoms with van der Waals surface area (Å²) in [5.41, 5.74) is 4.69. The van der Waals surface area contributed by atoms with Gasteiger partial charge in [0.25, 0.3) is 5.91 Å². The fourth-order valence-corrected chi connectivity index (χ4v) is 3.19. The summed E-state index contributed by atoms with van der Waals surface area (Å²) in [6.07, 6.45) is 3.75. The zero-order valence-electron chi connectivity index (χ0n) is 14.1. The van der Waals surface area contributed by atoms with E-state index in [4.69, 9.17) is 27.9 Å². The van der Waals surface area contributed by atoms with E-state index in [-0.39, 0.29) is 12.3 Å². The van der Waals surface area contributed by atoms with Crippen molar-refractivity contribution < 1.29 is 14.3 Å². The van der Waals surface area contributed by atoms with E-state index in [1.807, 2.05) is 19.1 Å². The number of hydrogen-bond donors (Lipinski definition) is 2. The molecule has 0 bridgehead atoms. The van der Waals surface area contributed by atoms with Gasteiger partial charge in [-0.1, -0.05) is 23.2 Å². The Kier molecular flexibility index (Phi) is 7.97. The van der Waals surface area contributed by atoms with Crippen LogP contribution < -0.4 is 15.6 Å². The van der Waals surface area contributed by atoms with Gasteiger partial charge in [0.15, 0.2) is 0 Å². The van der Waals surface area contributed by atoms with Gasteiger partial charge in [-0.15, -0.1) is 11.3 Å². The maximum atomic E-state index is 11.7. The number of benzene rings is 1. The molecule has 2 amide bonds. The van der Waals surface area contributed by atoms with Gasteiger partial charge in [0.1, 0.15) is 5.75 Å². The molecular weight excluding hydrogens is 395 g/mol. The Balaban J connectivity index is 1.62. The zero-order chi connectivity index (χ0) is 18.9. The molecule has 0 saturated heterocycles. The van der Waals surface area contributed by atoms with Crippen LogP contribution in [0.3, 0.4) is 0 Å². The molecule has 1 aromatic carbocycles. The predicted molar refractivity (Wildman–Crippen MR) is 106 cm³/mol. The third kappa shape index (κ3) is 7.07. The first kappa shape index (κ1) is 20.3. The standard InChI is InChI=1S/C18H18Cl2N2O3S/c1-12-4-6-14(26-12)7-9-18(24)22-21-17(23)3-2-10-25-16-8-5-13(19)11-15(16)20/h4-9,11H,2-3,10H2,1H3,(H,21,23)(H,22,24)/b9-7+. The van der Waals surface area contributed by atoms with E-state index in [1.54, 1.807) is 35.6 Å². The number of nitrogens with one attached hydrogen (secondary N) is 2. The van der Waals surface area contributed by atoms with E-state index in [0.717, 1.165) is 4.88 Å². The number of hydrogen-bond acceptors (Lipinski definition) is 4. The van der Waals surface area contributed by atoms with E-state index in [0.29, 0.717) is 28.8 Å². The van der Waals surface area contributed by atoms with Gasteiger partial charge in [-0.25, -0.2) is 0 Å². The number of rotatable bonds is 7. The van der Waals surface area contributed by atoms with Crippen molar-refractivity contribution in [3.05, 3.63) is 56.2 Å². The molecule has 0 aliphatic rings. The van der Waals surface area contributed by atoms with Crippen LogP contribution in [0.15, 0.2) is 36.4 Å². The van der Waals surface area contributed by atoms with Crippen LogP contribution in [0.1, 0.15) is 22.6 Å². The second-order valence-corrected chi connectivity index (χ2v) is 7.51. The SMILES string of the molecule is Cc1ccc(/C=C/C(=O)NNC(=O)CCCOc2ccc(Cl)cc2Cl)s1. The molecule has 8 heteroatoms. The first-order valence-electron chi connectivity index (χ1n) is 7.85. The van der Waals surface area contributed by atoms with Crippen LogP contribution in [-0.2, 0) is 9.59 Å². The Bertz CT molecular complexity index is 805. The number of hydrazine groups is 1. The molecule has 2 N–H and O–H groups in total. The molecule has 0 unspecified atom stereocenters. The van der Waals surface area contributed by atoms with Crippen molar-refractivity contribution in [2.24, 2.45) is 0 Å². The molecule has 26 heavy (non-hydrogen) atoms. The topological polar surface area (TPSA) is 67.4 Å². The molecule has 5 nitrogen and oxygen atoms in total. The average molecular weight is 413 g/mol. The molecule has 0 spiro atoms. The minimum atomic E-state index is -0.395. The van der Waals surface area contributed by atoms with E-state index >= 15 is 0 Å². The lowest BCUT2D eigenvalue weighted by molar-refractivity contribution is -0.126. The van der Waals surface area contributed by atoms with E-state index < -0.39 is 5.91 Å². The fraction of sp³-hybridized carbons (Fsp3) is 0.222. The van der Waals surface area contributed by atoms with Crippen LogP contribution >= 0.6 is 34.5 Å². The van der Waals surface area contributed by atoms with E-state index in [9.17, 15) is 9.59 Å². The highest BCUT2D eigenvalue weighted by atomic mass is 35.5. The number of amides is 2. The molecule has 0 saturated carbocycles. The van der Waals surface area contributed by atoms with Crippen molar-refractivity contribution >= 4 is 52.4 Å². The first-order chi connectivity index (χ1) is 12.4. The summed E-state index contributed by atoms with van der Waals surface area (Å²) >= 11 is 13.4. The quantitative estimate of drug-likeness (QED) is 0.402. The van der Waals surface area contributed by atoms with Crippen LogP contribution in [0.5, 0.6) is 5.75 Å². The van der Waals surface area contributed by atoms with Crippen molar-refractivity contribution in [2.45, 2.75) is 19.8 Å². The predicted octanol–water partition coefficient (Wildman–Crippen LogP) is 4.38. The maximum Gasteiger partial charge on any atom is 0.262 e. The minimum Gasteiger partial charge on any atom is -0.492 e. The Morgan fingerprint density at radius 2 is 2.00 bits per heavy atom. The number of aryl methyl sites for hydroxylation is 1. The monoisotopic (exact) mass is 412 g/mol. The summed E-state index contributed by atoms with van der Waals surface area (Å²) in [6, 6.07) is 8.84. The molecule has 0 fully saturated rings. The highest BCUT2D eigenvalue weighted by Gasteiger charge is 2.05. The highest BCUT2D eigenvalue weighted by molar-refractivity contribution is 7.12. The number of carbonyl (C=O) groups is 2. The number of thiophene rings is 1. The van der Waals surface area contributed by atoms with Crippen molar-refractivity contribution in [2.75, 3.05) is 6.61 Å². The van der Waals surface area contributed by atoms with Gasteiger partial charge in [0, 0.05) is 27.3 Å². The Hall–Kier alpha value is -2.02. The van der Waals surface area contributed by atoms with Crippen molar-refractivity contribution in [3.8, 4) is 5.75 Å². The molecule has 2 aromatic rings. The fourth-order valence-electron chi connectivity index (χ4n) is 1.94. The molecule has 0 atom stereocenters. The summed E-state index contributed by atoms with van der Waals surface area (Å²) in [5.74, 6) is -0.183. The summed E-state index contributed by atoms with van der Waals surface area (Å²) in [5, 5.41) is 0.947. The van der Waals surface area contributed by atoms with Crippen molar-refractivity contribution in [3.63, 3.8) is 0 Å². The first-order valence-corrected chi connectivity index (χ1v) is 9.42. The van der Waals surface area contributed by atoms with Crippen LogP contribution in [0.4, 0.5) is 0 Å². The minimum absolute atomic E-state index is 0.208. The second kappa shape index (κ2) is 10.2. The Morgan fingerprint density at radius 1 is 1.19 bits per heavy atom. The van der Waals surface area contributed by atoms with Gasteiger partial charge < -0.3 is 4.74 Å². The molecule has 0 radical (unpaired) electrons. The third-order valence-corrected chi connectivity index (χ3v) is 4.68. The van der Waals surface area contributed by atoms with Gasteiger partial charge in [-0.05, 0) is 49.8 Å². The molecule has 138 valence electrons. The summed E-state index contributed by atoms with van der Waals surface area (Å²) < 4.78 is 5.49. The molecule has 1 heterocycles. The molecule has 2 rings (SSSR count). The van der Waals surface area contributed by atoms with Gasteiger partial charge in [0.05, 0.1) is 11.6 Å². The normalized spacial score (nSPS) is 10.7.